The largest absolute Gasteiger partial charge is 0.480 e. The molecule has 9 heteroatoms. The molecule has 1 fully saturated rings. The van der Waals surface area contributed by atoms with Gasteiger partial charge in [0.1, 0.15) is 17.9 Å². The summed E-state index contributed by atoms with van der Waals surface area (Å²) in [7, 11) is 0. The summed E-state index contributed by atoms with van der Waals surface area (Å²) in [6.45, 7) is 7.23. The first kappa shape index (κ1) is 28.3. The van der Waals surface area contributed by atoms with Crippen LogP contribution in [0.4, 0.5) is 5.82 Å². The summed E-state index contributed by atoms with van der Waals surface area (Å²) >= 11 is 0. The van der Waals surface area contributed by atoms with Gasteiger partial charge in [0.25, 0.3) is 0 Å². The van der Waals surface area contributed by atoms with Gasteiger partial charge in [-0.2, -0.15) is 5.26 Å². The second-order valence-electron chi connectivity index (χ2n) is 10.0. The van der Waals surface area contributed by atoms with Crippen molar-refractivity contribution in [3.05, 3.63) is 35.0 Å². The Morgan fingerprint density at radius 2 is 2.11 bits per heavy atom. The molecular formula is C28H39N5O4. The summed E-state index contributed by atoms with van der Waals surface area (Å²) in [5, 5.41) is 25.2. The van der Waals surface area contributed by atoms with Gasteiger partial charge in [-0.3, -0.25) is 9.79 Å². The van der Waals surface area contributed by atoms with Gasteiger partial charge in [-0.25, -0.2) is 9.78 Å². The molecular weight excluding hydrogens is 470 g/mol. The van der Waals surface area contributed by atoms with Crippen molar-refractivity contribution in [2.24, 2.45) is 10.4 Å². The number of aryl methyl sites for hydroxylation is 2. The monoisotopic (exact) mass is 509 g/mol. The van der Waals surface area contributed by atoms with Crippen LogP contribution in [0.25, 0.3) is 0 Å². The molecule has 0 saturated heterocycles. The number of hydrogen-bond acceptors (Lipinski definition) is 7. The van der Waals surface area contributed by atoms with Crippen LogP contribution in [0.1, 0.15) is 70.6 Å². The third-order valence-corrected chi connectivity index (χ3v) is 6.77. The van der Waals surface area contributed by atoms with Crippen molar-refractivity contribution in [1.29, 1.82) is 5.26 Å². The first-order valence-electron chi connectivity index (χ1n) is 13.3. The van der Waals surface area contributed by atoms with E-state index in [-0.39, 0.29) is 25.0 Å². The predicted octanol–water partition coefficient (Wildman–Crippen LogP) is 3.84. The number of amides is 1. The first-order chi connectivity index (χ1) is 17.8. The number of nitrogens with zero attached hydrogens (tertiary/aromatic N) is 3. The van der Waals surface area contributed by atoms with Crippen molar-refractivity contribution >= 4 is 23.4 Å². The molecule has 1 atom stereocenters. The number of aromatic nitrogens is 1. The summed E-state index contributed by atoms with van der Waals surface area (Å²) in [6.07, 6.45) is 7.76. The van der Waals surface area contributed by atoms with Crippen molar-refractivity contribution in [2.45, 2.75) is 84.2 Å². The van der Waals surface area contributed by atoms with E-state index in [4.69, 9.17) is 9.72 Å². The van der Waals surface area contributed by atoms with E-state index >= 15 is 0 Å². The zero-order valence-corrected chi connectivity index (χ0v) is 22.2. The number of aliphatic imine (C=N–C) groups is 1. The number of aliphatic carboxylic acids is 1. The van der Waals surface area contributed by atoms with Crippen LogP contribution in [0.15, 0.2) is 28.8 Å². The molecule has 0 aromatic carbocycles. The topological polar surface area (TPSA) is 137 Å². The number of ether oxygens (including phenoxy) is 1. The van der Waals surface area contributed by atoms with Gasteiger partial charge in [-0.1, -0.05) is 12.1 Å². The summed E-state index contributed by atoms with van der Waals surface area (Å²) in [5.41, 5.74) is 2.22. The maximum Gasteiger partial charge on any atom is 0.326 e. The minimum absolute atomic E-state index is 0.0908. The molecule has 1 unspecified atom stereocenters. The Balaban J connectivity index is 1.43. The van der Waals surface area contributed by atoms with Crippen LogP contribution in [0.5, 0.6) is 0 Å². The van der Waals surface area contributed by atoms with Crippen molar-refractivity contribution in [3.63, 3.8) is 0 Å². The number of carbonyl (C=O) groups is 2. The van der Waals surface area contributed by atoms with E-state index < -0.39 is 17.4 Å². The van der Waals surface area contributed by atoms with Gasteiger partial charge in [0.2, 0.25) is 5.91 Å². The molecule has 9 nitrogen and oxygen atoms in total. The molecule has 1 amide bonds. The third kappa shape index (κ3) is 7.62. The zero-order chi connectivity index (χ0) is 26.8. The van der Waals surface area contributed by atoms with Crippen LogP contribution < -0.4 is 10.6 Å². The molecule has 0 bridgehead atoms. The SMILES string of the molecule is C/C=C(C#N)\C(=N/C(C)C)C1(C(=O)NC(CCOCCCCc2ccc3c(n2)NCCC3)C(=O)O)CC1. The van der Waals surface area contributed by atoms with Gasteiger partial charge in [0.15, 0.2) is 0 Å². The lowest BCUT2D eigenvalue weighted by molar-refractivity contribution is -0.142. The van der Waals surface area contributed by atoms with Gasteiger partial charge in [0, 0.05) is 37.9 Å². The predicted molar refractivity (Wildman–Crippen MR) is 143 cm³/mol. The van der Waals surface area contributed by atoms with Crippen molar-refractivity contribution < 1.29 is 19.4 Å². The number of nitriles is 1. The highest BCUT2D eigenvalue weighted by atomic mass is 16.5. The fourth-order valence-corrected chi connectivity index (χ4v) is 4.54. The lowest BCUT2D eigenvalue weighted by Gasteiger charge is -2.22. The van der Waals surface area contributed by atoms with Crippen LogP contribution >= 0.6 is 0 Å². The number of carboxylic acids is 1. The second-order valence-corrected chi connectivity index (χ2v) is 10.0. The summed E-state index contributed by atoms with van der Waals surface area (Å²) in [5.74, 6) is -0.485. The number of pyridine rings is 1. The standard InChI is InChI=1S/C28H39N5O4/c1-4-20(18-29)24(31-19(2)3)28(13-14-28)27(36)33-23(26(34)35)12-17-37-16-6-5-9-22-11-10-21-8-7-15-30-25(21)32-22/h4,10-11,19,23H,5-9,12-17H2,1-3H3,(H,30,32)(H,33,36)(H,34,35)/b20-4-,31-24+. The average molecular weight is 510 g/mol. The number of carbonyl (C=O) groups excluding carboxylic acids is 1. The van der Waals surface area contributed by atoms with Crippen molar-refractivity contribution in [3.8, 4) is 6.07 Å². The van der Waals surface area contributed by atoms with E-state index in [9.17, 15) is 20.0 Å². The highest BCUT2D eigenvalue weighted by Gasteiger charge is 2.55. The maximum absolute atomic E-state index is 13.2. The number of rotatable bonds is 14. The highest BCUT2D eigenvalue weighted by molar-refractivity contribution is 6.20. The second kappa shape index (κ2) is 13.3. The van der Waals surface area contributed by atoms with E-state index in [0.29, 0.717) is 30.7 Å². The molecule has 0 radical (unpaired) electrons. The van der Waals surface area contributed by atoms with Gasteiger partial charge in [0.05, 0.1) is 16.7 Å². The minimum Gasteiger partial charge on any atom is -0.480 e. The molecule has 3 N–H and O–H groups in total. The van der Waals surface area contributed by atoms with Crippen LogP contribution in [0.3, 0.4) is 0 Å². The molecule has 1 aromatic heterocycles. The molecule has 3 rings (SSSR count). The molecule has 37 heavy (non-hydrogen) atoms. The molecule has 1 aliphatic heterocycles. The normalized spacial score (nSPS) is 17.4. The van der Waals surface area contributed by atoms with E-state index in [0.717, 1.165) is 50.2 Å². The van der Waals surface area contributed by atoms with Gasteiger partial charge >= 0.3 is 5.97 Å². The maximum atomic E-state index is 13.2. The number of fused-ring (bicyclic) bond motifs is 1. The lowest BCUT2D eigenvalue weighted by Crippen LogP contribution is -2.47. The number of nitrogens with one attached hydrogen (secondary N) is 2. The molecule has 1 aliphatic carbocycles. The zero-order valence-electron chi connectivity index (χ0n) is 22.2. The summed E-state index contributed by atoms with van der Waals surface area (Å²) in [6, 6.07) is 5.22. The average Bonchev–Trinajstić information content (AvgIpc) is 3.69. The Bertz CT molecular complexity index is 1070. The minimum atomic E-state index is -1.10. The number of anilines is 1. The first-order valence-corrected chi connectivity index (χ1v) is 13.3. The smallest absolute Gasteiger partial charge is 0.326 e. The van der Waals surface area contributed by atoms with Gasteiger partial charge < -0.3 is 20.5 Å². The molecule has 2 heterocycles. The number of hydrogen-bond donors (Lipinski definition) is 3. The summed E-state index contributed by atoms with van der Waals surface area (Å²) < 4.78 is 5.68. The Hall–Kier alpha value is -3.25. The molecule has 0 spiro atoms. The van der Waals surface area contributed by atoms with Crippen LogP contribution in [0, 0.1) is 16.7 Å². The fourth-order valence-electron chi connectivity index (χ4n) is 4.54. The Morgan fingerprint density at radius 3 is 2.76 bits per heavy atom. The molecule has 200 valence electrons. The molecule has 1 saturated carbocycles. The van der Waals surface area contributed by atoms with Crippen LogP contribution in [-0.4, -0.2) is 59.5 Å². The number of unbranched alkanes of at least 4 members (excludes halogenated alkanes) is 1. The number of allylic oxidation sites excluding steroid dienone is 2. The highest BCUT2D eigenvalue weighted by Crippen LogP contribution is 2.49. The lowest BCUT2D eigenvalue weighted by atomic mass is 9.92. The molecule has 2 aliphatic rings. The quantitative estimate of drug-likeness (QED) is 0.197. The third-order valence-electron chi connectivity index (χ3n) is 6.77. The Kier molecular flexibility index (Phi) is 10.2. The van der Waals surface area contributed by atoms with E-state index in [1.54, 1.807) is 13.0 Å². The van der Waals surface area contributed by atoms with Crippen molar-refractivity contribution in [1.82, 2.24) is 10.3 Å². The van der Waals surface area contributed by atoms with E-state index in [1.807, 2.05) is 13.8 Å². The Labute approximate surface area is 219 Å². The summed E-state index contributed by atoms with van der Waals surface area (Å²) in [4.78, 5) is 34.2. The number of carboxylic acid groups (broad SMARTS) is 1. The Morgan fingerprint density at radius 1 is 1.32 bits per heavy atom. The van der Waals surface area contributed by atoms with Crippen LogP contribution in [-0.2, 0) is 27.2 Å². The van der Waals surface area contributed by atoms with Crippen molar-refractivity contribution in [2.75, 3.05) is 25.1 Å². The fraction of sp³-hybridized carbons (Fsp3) is 0.607. The van der Waals surface area contributed by atoms with Crippen LogP contribution in [0.2, 0.25) is 0 Å². The van der Waals surface area contributed by atoms with E-state index in [2.05, 4.69) is 33.8 Å². The molecule has 1 aromatic rings. The van der Waals surface area contributed by atoms with Gasteiger partial charge in [-0.05, 0) is 77.3 Å². The van der Waals surface area contributed by atoms with E-state index in [1.165, 1.54) is 5.56 Å². The van der Waals surface area contributed by atoms with Gasteiger partial charge in [-0.15, -0.1) is 0 Å².